The molecule has 0 atom stereocenters. The number of benzene rings is 1. The molecule has 0 spiro atoms. The van der Waals surface area contributed by atoms with E-state index in [1.54, 1.807) is 0 Å². The number of halogens is 3. The monoisotopic (exact) mass is 284 g/mol. The van der Waals surface area contributed by atoms with Crippen molar-refractivity contribution in [2.45, 2.75) is 0 Å². The van der Waals surface area contributed by atoms with Crippen LogP contribution in [-0.2, 0) is 0 Å². The quantitative estimate of drug-likeness (QED) is 0.912. The molecule has 0 saturated heterocycles. The summed E-state index contributed by atoms with van der Waals surface area (Å²) in [5, 5.41) is 3.06. The van der Waals surface area contributed by atoms with E-state index in [1.807, 2.05) is 0 Å². The van der Waals surface area contributed by atoms with Crippen molar-refractivity contribution in [1.82, 2.24) is 4.98 Å². The minimum atomic E-state index is -0.656. The van der Waals surface area contributed by atoms with E-state index in [0.717, 1.165) is 6.07 Å². The third kappa shape index (κ3) is 2.78. The molecule has 0 aliphatic carbocycles. The van der Waals surface area contributed by atoms with Crippen LogP contribution < -0.4 is 5.32 Å². The number of amides is 1. The van der Waals surface area contributed by atoms with Crippen LogP contribution in [0, 0.1) is 5.82 Å². The zero-order valence-electron chi connectivity index (χ0n) is 8.95. The van der Waals surface area contributed by atoms with Gasteiger partial charge in [0, 0.05) is 11.2 Å². The molecule has 18 heavy (non-hydrogen) atoms. The first-order valence-corrected chi connectivity index (χ1v) is 5.69. The van der Waals surface area contributed by atoms with Crippen LogP contribution in [0.4, 0.5) is 10.1 Å². The van der Waals surface area contributed by atoms with Crippen LogP contribution in [0.2, 0.25) is 10.0 Å². The Labute approximate surface area is 113 Å². The molecule has 1 amide bonds. The van der Waals surface area contributed by atoms with E-state index < -0.39 is 11.7 Å². The number of hydrogen-bond acceptors (Lipinski definition) is 2. The lowest BCUT2D eigenvalue weighted by molar-refractivity contribution is 0.102. The molecule has 2 rings (SSSR count). The van der Waals surface area contributed by atoms with Crippen LogP contribution in [0.15, 0.2) is 36.7 Å². The molecular formula is C12H7Cl2FN2O. The molecule has 2 aromatic rings. The molecule has 1 aromatic carbocycles. The predicted molar refractivity (Wildman–Crippen MR) is 68.6 cm³/mol. The number of hydrogen-bond donors (Lipinski definition) is 1. The van der Waals surface area contributed by atoms with Crippen molar-refractivity contribution in [2.24, 2.45) is 0 Å². The van der Waals surface area contributed by atoms with Gasteiger partial charge in [0.25, 0.3) is 5.91 Å². The number of nitrogens with one attached hydrogen (secondary N) is 1. The Morgan fingerprint density at radius 3 is 2.78 bits per heavy atom. The molecule has 1 heterocycles. The summed E-state index contributed by atoms with van der Waals surface area (Å²) in [6.07, 6.45) is 2.86. The predicted octanol–water partition coefficient (Wildman–Crippen LogP) is 3.78. The van der Waals surface area contributed by atoms with Crippen molar-refractivity contribution in [2.75, 3.05) is 5.32 Å². The van der Waals surface area contributed by atoms with Crippen LogP contribution >= 0.6 is 23.2 Å². The highest BCUT2D eigenvalue weighted by Crippen LogP contribution is 2.21. The van der Waals surface area contributed by atoms with Gasteiger partial charge in [0.15, 0.2) is 0 Å². The maximum absolute atomic E-state index is 13.5. The summed E-state index contributed by atoms with van der Waals surface area (Å²) >= 11 is 11.6. The van der Waals surface area contributed by atoms with Gasteiger partial charge in [0.1, 0.15) is 5.82 Å². The SMILES string of the molecule is O=C(Nc1cnccc1Cl)c1cc(Cl)ccc1F. The van der Waals surface area contributed by atoms with E-state index in [4.69, 9.17) is 23.2 Å². The van der Waals surface area contributed by atoms with Gasteiger partial charge >= 0.3 is 0 Å². The van der Waals surface area contributed by atoms with Crippen LogP contribution in [-0.4, -0.2) is 10.9 Å². The highest BCUT2D eigenvalue weighted by molar-refractivity contribution is 6.34. The minimum absolute atomic E-state index is 0.151. The average molecular weight is 285 g/mol. The van der Waals surface area contributed by atoms with Crippen LogP contribution in [0.1, 0.15) is 10.4 Å². The van der Waals surface area contributed by atoms with Crippen LogP contribution in [0.3, 0.4) is 0 Å². The molecule has 0 radical (unpaired) electrons. The summed E-state index contributed by atoms with van der Waals surface area (Å²) in [6.45, 7) is 0. The van der Waals surface area contributed by atoms with Gasteiger partial charge in [-0.3, -0.25) is 9.78 Å². The molecule has 0 fully saturated rings. The molecule has 3 nitrogen and oxygen atoms in total. The Hall–Kier alpha value is -1.65. The average Bonchev–Trinajstić information content (AvgIpc) is 2.35. The Morgan fingerprint density at radius 1 is 1.28 bits per heavy atom. The van der Waals surface area contributed by atoms with E-state index in [1.165, 1.54) is 30.6 Å². The molecule has 0 bridgehead atoms. The van der Waals surface area contributed by atoms with E-state index >= 15 is 0 Å². The molecule has 1 aromatic heterocycles. The van der Waals surface area contributed by atoms with E-state index in [-0.39, 0.29) is 10.6 Å². The number of nitrogens with zero attached hydrogens (tertiary/aromatic N) is 1. The molecule has 6 heteroatoms. The number of aromatic nitrogens is 1. The smallest absolute Gasteiger partial charge is 0.258 e. The summed E-state index contributed by atoms with van der Waals surface area (Å²) in [5.74, 6) is -1.29. The Bertz CT molecular complexity index is 604. The van der Waals surface area contributed by atoms with Gasteiger partial charge < -0.3 is 5.32 Å². The molecule has 1 N–H and O–H groups in total. The first-order chi connectivity index (χ1) is 8.58. The zero-order valence-corrected chi connectivity index (χ0v) is 10.5. The second-order valence-corrected chi connectivity index (χ2v) is 4.28. The maximum atomic E-state index is 13.5. The van der Waals surface area contributed by atoms with Crippen molar-refractivity contribution >= 4 is 34.8 Å². The topological polar surface area (TPSA) is 42.0 Å². The van der Waals surface area contributed by atoms with Crippen molar-refractivity contribution in [1.29, 1.82) is 0 Å². The fraction of sp³-hybridized carbons (Fsp3) is 0. The fourth-order valence-corrected chi connectivity index (χ4v) is 1.66. The first-order valence-electron chi connectivity index (χ1n) is 4.94. The van der Waals surface area contributed by atoms with E-state index in [9.17, 15) is 9.18 Å². The number of carbonyl (C=O) groups is 1. The summed E-state index contributed by atoms with van der Waals surface area (Å²) < 4.78 is 13.5. The highest BCUT2D eigenvalue weighted by Gasteiger charge is 2.13. The van der Waals surface area contributed by atoms with Gasteiger partial charge in [0.2, 0.25) is 0 Å². The maximum Gasteiger partial charge on any atom is 0.258 e. The molecule has 0 unspecified atom stereocenters. The minimum Gasteiger partial charge on any atom is -0.319 e. The van der Waals surface area contributed by atoms with Gasteiger partial charge in [-0.1, -0.05) is 23.2 Å². The molecular weight excluding hydrogens is 278 g/mol. The van der Waals surface area contributed by atoms with Gasteiger partial charge in [-0.25, -0.2) is 4.39 Å². The van der Waals surface area contributed by atoms with Crippen LogP contribution in [0.25, 0.3) is 0 Å². The van der Waals surface area contributed by atoms with Crippen molar-refractivity contribution in [3.8, 4) is 0 Å². The van der Waals surface area contributed by atoms with Crippen molar-refractivity contribution < 1.29 is 9.18 Å². The third-order valence-electron chi connectivity index (χ3n) is 2.19. The summed E-state index contributed by atoms with van der Waals surface area (Å²) in [6, 6.07) is 5.26. The Morgan fingerprint density at radius 2 is 2.06 bits per heavy atom. The Kier molecular flexibility index (Phi) is 3.79. The van der Waals surface area contributed by atoms with E-state index in [2.05, 4.69) is 10.3 Å². The van der Waals surface area contributed by atoms with Crippen molar-refractivity contribution in [3.63, 3.8) is 0 Å². The summed E-state index contributed by atoms with van der Waals surface area (Å²) in [7, 11) is 0. The number of pyridine rings is 1. The number of rotatable bonds is 2. The van der Waals surface area contributed by atoms with Crippen molar-refractivity contribution in [3.05, 3.63) is 58.1 Å². The number of anilines is 1. The summed E-state index contributed by atoms with van der Waals surface area (Å²) in [4.78, 5) is 15.7. The second kappa shape index (κ2) is 5.33. The third-order valence-corrected chi connectivity index (χ3v) is 2.75. The van der Waals surface area contributed by atoms with Gasteiger partial charge in [-0.15, -0.1) is 0 Å². The first kappa shape index (κ1) is 12.8. The molecule has 0 saturated carbocycles. The second-order valence-electron chi connectivity index (χ2n) is 3.43. The summed E-state index contributed by atoms with van der Waals surface area (Å²) in [5.41, 5.74) is 0.158. The van der Waals surface area contributed by atoms with Gasteiger partial charge in [-0.05, 0) is 24.3 Å². The molecule has 0 aliphatic rings. The van der Waals surface area contributed by atoms with Crippen LogP contribution in [0.5, 0.6) is 0 Å². The molecule has 0 aliphatic heterocycles. The zero-order chi connectivity index (χ0) is 13.1. The van der Waals surface area contributed by atoms with Gasteiger partial charge in [0.05, 0.1) is 22.5 Å². The normalized spacial score (nSPS) is 10.2. The fourth-order valence-electron chi connectivity index (χ4n) is 1.33. The lowest BCUT2D eigenvalue weighted by Crippen LogP contribution is -2.14. The largest absolute Gasteiger partial charge is 0.319 e. The highest BCUT2D eigenvalue weighted by atomic mass is 35.5. The lowest BCUT2D eigenvalue weighted by Gasteiger charge is -2.07. The lowest BCUT2D eigenvalue weighted by atomic mass is 10.2. The molecule has 92 valence electrons. The van der Waals surface area contributed by atoms with E-state index in [0.29, 0.717) is 10.7 Å². The van der Waals surface area contributed by atoms with Gasteiger partial charge in [-0.2, -0.15) is 0 Å². The standard InChI is InChI=1S/C12H7Cl2FN2O/c13-7-1-2-10(15)8(5-7)12(18)17-11-6-16-4-3-9(11)14/h1-6H,(H,17,18). The number of carbonyl (C=O) groups excluding carboxylic acids is 1. The Balaban J connectivity index is 2.28.